The third-order valence-corrected chi connectivity index (χ3v) is 5.53. The zero-order chi connectivity index (χ0) is 20.8. The van der Waals surface area contributed by atoms with Crippen molar-refractivity contribution in [1.29, 1.82) is 0 Å². The van der Waals surface area contributed by atoms with Crippen LogP contribution in [0.25, 0.3) is 0 Å². The third kappa shape index (κ3) is 5.01. The van der Waals surface area contributed by atoms with Gasteiger partial charge < -0.3 is 24.0 Å². The minimum absolute atomic E-state index is 0.205. The summed E-state index contributed by atoms with van der Waals surface area (Å²) in [4.78, 5) is 16.0. The molecule has 0 unspecified atom stereocenters. The molecule has 1 fully saturated rings. The summed E-state index contributed by atoms with van der Waals surface area (Å²) in [6.45, 7) is 6.25. The highest BCUT2D eigenvalue weighted by Crippen LogP contribution is 2.39. The van der Waals surface area contributed by atoms with Gasteiger partial charge in [0.2, 0.25) is 11.7 Å². The van der Waals surface area contributed by atoms with Crippen molar-refractivity contribution in [2.24, 2.45) is 0 Å². The highest BCUT2D eigenvalue weighted by molar-refractivity contribution is 5.78. The molecule has 1 saturated heterocycles. The predicted octanol–water partition coefficient (Wildman–Crippen LogP) is 1.49. The van der Waals surface area contributed by atoms with E-state index in [2.05, 4.69) is 19.1 Å². The maximum atomic E-state index is 12.6. The van der Waals surface area contributed by atoms with Crippen molar-refractivity contribution < 1.29 is 23.9 Å². The molecule has 0 aromatic heterocycles. The Hall–Kier alpha value is -2.73. The van der Waals surface area contributed by atoms with E-state index in [0.29, 0.717) is 17.9 Å². The number of nitrogens with zero attached hydrogens (tertiary/aromatic N) is 1. The van der Waals surface area contributed by atoms with Gasteiger partial charge in [-0.1, -0.05) is 29.8 Å². The van der Waals surface area contributed by atoms with Crippen LogP contribution in [-0.4, -0.2) is 58.3 Å². The smallest absolute Gasteiger partial charge is 0.227 e. The van der Waals surface area contributed by atoms with Crippen molar-refractivity contribution in [3.8, 4) is 17.2 Å². The summed E-state index contributed by atoms with van der Waals surface area (Å²) in [5.74, 6) is 2.21. The van der Waals surface area contributed by atoms with Gasteiger partial charge in [-0.25, -0.2) is 0 Å². The van der Waals surface area contributed by atoms with E-state index < -0.39 is 0 Å². The van der Waals surface area contributed by atoms with Crippen LogP contribution in [0.3, 0.4) is 0 Å². The first-order chi connectivity index (χ1) is 14.0. The minimum Gasteiger partial charge on any atom is -0.493 e. The van der Waals surface area contributed by atoms with Gasteiger partial charge in [0.05, 0.1) is 59.5 Å². The van der Waals surface area contributed by atoms with Crippen molar-refractivity contribution in [2.45, 2.75) is 19.9 Å². The van der Waals surface area contributed by atoms with E-state index in [1.165, 1.54) is 10.5 Å². The lowest BCUT2D eigenvalue weighted by Gasteiger charge is -2.32. The summed E-state index contributed by atoms with van der Waals surface area (Å²) in [7, 11) is 4.89. The topological polar surface area (TPSA) is 52.4 Å². The second-order valence-corrected chi connectivity index (χ2v) is 7.46. The van der Waals surface area contributed by atoms with Crippen molar-refractivity contribution in [3.05, 3.63) is 53.1 Å². The van der Waals surface area contributed by atoms with E-state index in [0.717, 1.165) is 49.6 Å². The van der Waals surface area contributed by atoms with Gasteiger partial charge in [-0.15, -0.1) is 0 Å². The molecular formula is C23H31N2O4+. The summed E-state index contributed by atoms with van der Waals surface area (Å²) in [5.41, 5.74) is 3.37. The van der Waals surface area contributed by atoms with Crippen molar-refractivity contribution in [3.63, 3.8) is 0 Å². The van der Waals surface area contributed by atoms with Crippen LogP contribution in [0.5, 0.6) is 17.2 Å². The number of rotatable bonds is 7. The van der Waals surface area contributed by atoms with Gasteiger partial charge in [-0.05, 0) is 24.6 Å². The fourth-order valence-electron chi connectivity index (χ4n) is 3.81. The number of aryl methyl sites for hydroxylation is 1. The number of carbonyl (C=O) groups is 1. The van der Waals surface area contributed by atoms with Crippen molar-refractivity contribution in [1.82, 2.24) is 4.90 Å². The lowest BCUT2D eigenvalue weighted by Crippen LogP contribution is -3.13. The van der Waals surface area contributed by atoms with Crippen molar-refractivity contribution >= 4 is 5.91 Å². The monoisotopic (exact) mass is 399 g/mol. The van der Waals surface area contributed by atoms with Crippen LogP contribution in [-0.2, 0) is 17.8 Å². The zero-order valence-corrected chi connectivity index (χ0v) is 17.8. The fraction of sp³-hybridized carbons (Fsp3) is 0.435. The lowest BCUT2D eigenvalue weighted by molar-refractivity contribution is -0.917. The van der Waals surface area contributed by atoms with Gasteiger partial charge in [0, 0.05) is 0 Å². The fourth-order valence-corrected chi connectivity index (χ4v) is 3.81. The Labute approximate surface area is 173 Å². The number of hydrogen-bond donors (Lipinski definition) is 1. The molecule has 6 nitrogen and oxygen atoms in total. The number of benzene rings is 2. The Morgan fingerprint density at radius 2 is 1.59 bits per heavy atom. The molecule has 0 aliphatic carbocycles. The largest absolute Gasteiger partial charge is 0.493 e. The maximum Gasteiger partial charge on any atom is 0.227 e. The van der Waals surface area contributed by atoms with E-state index in [-0.39, 0.29) is 5.91 Å². The molecule has 29 heavy (non-hydrogen) atoms. The molecule has 0 saturated carbocycles. The highest BCUT2D eigenvalue weighted by Gasteiger charge is 2.26. The summed E-state index contributed by atoms with van der Waals surface area (Å²) in [6, 6.07) is 12.1. The Bertz CT molecular complexity index is 828. The maximum absolute atomic E-state index is 12.6. The quantitative estimate of drug-likeness (QED) is 0.767. The van der Waals surface area contributed by atoms with Crippen LogP contribution in [0.4, 0.5) is 0 Å². The average molecular weight is 400 g/mol. The van der Waals surface area contributed by atoms with E-state index >= 15 is 0 Å². The molecule has 1 heterocycles. The molecule has 1 aliphatic heterocycles. The summed E-state index contributed by atoms with van der Waals surface area (Å²) in [5, 5.41) is 0. The number of nitrogens with one attached hydrogen (secondary N) is 1. The van der Waals surface area contributed by atoms with Crippen LogP contribution in [0.15, 0.2) is 36.4 Å². The first-order valence-electron chi connectivity index (χ1n) is 10.0. The van der Waals surface area contributed by atoms with E-state index in [9.17, 15) is 4.79 Å². The first-order valence-corrected chi connectivity index (χ1v) is 10.0. The molecule has 1 N–H and O–H groups in total. The van der Waals surface area contributed by atoms with Crippen molar-refractivity contribution in [2.75, 3.05) is 47.5 Å². The van der Waals surface area contributed by atoms with Crippen LogP contribution in [0.1, 0.15) is 16.7 Å². The van der Waals surface area contributed by atoms with Gasteiger partial charge in [-0.2, -0.15) is 0 Å². The first kappa shape index (κ1) is 21.0. The average Bonchev–Trinajstić information content (AvgIpc) is 2.75. The van der Waals surface area contributed by atoms with Gasteiger partial charge in [-0.3, -0.25) is 4.79 Å². The van der Waals surface area contributed by atoms with Gasteiger partial charge >= 0.3 is 0 Å². The van der Waals surface area contributed by atoms with Crippen LogP contribution < -0.4 is 19.1 Å². The third-order valence-electron chi connectivity index (χ3n) is 5.53. The van der Waals surface area contributed by atoms with Crippen LogP contribution in [0.2, 0.25) is 0 Å². The molecular weight excluding hydrogens is 368 g/mol. The molecule has 3 rings (SSSR count). The minimum atomic E-state index is 0.205. The number of piperazine rings is 1. The molecule has 2 aromatic carbocycles. The predicted molar refractivity (Wildman–Crippen MR) is 112 cm³/mol. The lowest BCUT2D eigenvalue weighted by atomic mass is 10.1. The van der Waals surface area contributed by atoms with E-state index in [4.69, 9.17) is 14.2 Å². The number of quaternary nitrogens is 1. The normalized spacial score (nSPS) is 14.6. The number of amides is 1. The molecule has 1 aliphatic rings. The Morgan fingerprint density at radius 3 is 2.17 bits per heavy atom. The molecule has 2 aromatic rings. The van der Waals surface area contributed by atoms with E-state index in [1.807, 2.05) is 29.2 Å². The summed E-state index contributed by atoms with van der Waals surface area (Å²) < 4.78 is 16.5. The van der Waals surface area contributed by atoms with E-state index in [1.54, 1.807) is 21.3 Å². The number of hydrogen-bond acceptors (Lipinski definition) is 4. The summed E-state index contributed by atoms with van der Waals surface area (Å²) in [6.07, 6.45) is 0.471. The molecule has 1 amide bonds. The molecule has 0 spiro atoms. The zero-order valence-electron chi connectivity index (χ0n) is 17.8. The van der Waals surface area contributed by atoms with Crippen LogP contribution in [0, 0.1) is 6.92 Å². The van der Waals surface area contributed by atoms with Gasteiger partial charge in [0.15, 0.2) is 11.5 Å². The van der Waals surface area contributed by atoms with Crippen LogP contribution >= 0.6 is 0 Å². The van der Waals surface area contributed by atoms with Gasteiger partial charge in [0.1, 0.15) is 6.54 Å². The molecule has 0 bridgehead atoms. The second-order valence-electron chi connectivity index (χ2n) is 7.46. The Morgan fingerprint density at radius 1 is 0.931 bits per heavy atom. The number of carbonyl (C=O) groups excluding carboxylic acids is 1. The Kier molecular flexibility index (Phi) is 6.99. The SMILES string of the molecule is COc1ccc(C[NH+]2CCN(C(=O)Cc3ccc(C)cc3)CC2)c(OC)c1OC. The second kappa shape index (κ2) is 9.65. The highest BCUT2D eigenvalue weighted by atomic mass is 16.5. The van der Waals surface area contributed by atoms with Gasteiger partial charge in [0.25, 0.3) is 0 Å². The number of ether oxygens (including phenoxy) is 3. The Balaban J connectivity index is 1.58. The molecule has 6 heteroatoms. The molecule has 156 valence electrons. The number of methoxy groups -OCH3 is 3. The standard InChI is InChI=1S/C23H30N2O4/c1-17-5-7-18(8-6-17)15-21(26)25-13-11-24(12-14-25)16-19-9-10-20(27-2)23(29-4)22(19)28-3/h5-10H,11-16H2,1-4H3/p+1. The molecule has 0 atom stereocenters. The molecule has 0 radical (unpaired) electrons. The summed E-state index contributed by atoms with van der Waals surface area (Å²) >= 11 is 0.